The highest BCUT2D eigenvalue weighted by Gasteiger charge is 2.36. The predicted molar refractivity (Wildman–Crippen MR) is 75.5 cm³/mol. The highest BCUT2D eigenvalue weighted by molar-refractivity contribution is 9.09. The Balaban J connectivity index is 2.23. The van der Waals surface area contributed by atoms with E-state index in [1.54, 1.807) is 6.92 Å². The van der Waals surface area contributed by atoms with Crippen molar-refractivity contribution in [3.05, 3.63) is 29.1 Å². The van der Waals surface area contributed by atoms with Gasteiger partial charge in [-0.3, -0.25) is 9.59 Å². The highest BCUT2D eigenvalue weighted by atomic mass is 79.9. The Morgan fingerprint density at radius 2 is 1.95 bits per heavy atom. The zero-order chi connectivity index (χ0) is 14.0. The quantitative estimate of drug-likeness (QED) is 0.473. The molecule has 102 valence electrons. The van der Waals surface area contributed by atoms with Crippen molar-refractivity contribution in [3.63, 3.8) is 0 Å². The summed E-state index contributed by atoms with van der Waals surface area (Å²) in [7, 11) is 0. The minimum atomic E-state index is -0.599. The van der Waals surface area contributed by atoms with Crippen LogP contribution < -0.4 is 4.90 Å². The average Bonchev–Trinajstić information content (AvgIpc) is 2.60. The molecule has 0 saturated carbocycles. The van der Waals surface area contributed by atoms with Crippen LogP contribution in [0, 0.1) is 12.7 Å². The van der Waals surface area contributed by atoms with Gasteiger partial charge in [-0.25, -0.2) is 4.39 Å². The number of aryl methyl sites for hydroxylation is 1. The molecule has 1 amide bonds. The molecule has 19 heavy (non-hydrogen) atoms. The summed E-state index contributed by atoms with van der Waals surface area (Å²) in [4.78, 5) is 25.3. The zero-order valence-corrected chi connectivity index (χ0v) is 12.3. The SMILES string of the molecule is Cc1cc(F)cc2c1N(CCCCCBr)C(=O)C2=O. The third-order valence-electron chi connectivity index (χ3n) is 3.23. The van der Waals surface area contributed by atoms with Crippen LogP contribution in [0.15, 0.2) is 12.1 Å². The van der Waals surface area contributed by atoms with Crippen molar-refractivity contribution >= 4 is 33.3 Å². The lowest BCUT2D eigenvalue weighted by Gasteiger charge is -2.18. The summed E-state index contributed by atoms with van der Waals surface area (Å²) in [5, 5.41) is 0.931. The van der Waals surface area contributed by atoms with Gasteiger partial charge in [0.15, 0.2) is 0 Å². The second-order valence-corrected chi connectivity index (χ2v) is 5.45. The van der Waals surface area contributed by atoms with Crippen LogP contribution in [-0.2, 0) is 4.79 Å². The number of rotatable bonds is 5. The van der Waals surface area contributed by atoms with Gasteiger partial charge in [0.05, 0.1) is 11.3 Å². The second-order valence-electron chi connectivity index (χ2n) is 4.65. The van der Waals surface area contributed by atoms with E-state index in [2.05, 4.69) is 15.9 Å². The van der Waals surface area contributed by atoms with Crippen LogP contribution in [0.3, 0.4) is 0 Å². The van der Waals surface area contributed by atoms with Gasteiger partial charge in [-0.1, -0.05) is 22.4 Å². The molecule has 2 rings (SSSR count). The van der Waals surface area contributed by atoms with Crippen molar-refractivity contribution in [2.24, 2.45) is 0 Å². The van der Waals surface area contributed by atoms with Crippen molar-refractivity contribution in [3.8, 4) is 0 Å². The number of carbonyl (C=O) groups excluding carboxylic acids is 2. The van der Waals surface area contributed by atoms with Crippen molar-refractivity contribution in [1.82, 2.24) is 0 Å². The van der Waals surface area contributed by atoms with Crippen LogP contribution >= 0.6 is 15.9 Å². The lowest BCUT2D eigenvalue weighted by Crippen LogP contribution is -2.31. The van der Waals surface area contributed by atoms with E-state index in [1.807, 2.05) is 0 Å². The van der Waals surface area contributed by atoms with Crippen molar-refractivity contribution in [2.75, 3.05) is 16.8 Å². The van der Waals surface area contributed by atoms with Crippen LogP contribution in [0.2, 0.25) is 0 Å². The number of halogens is 2. The van der Waals surface area contributed by atoms with Crippen LogP contribution in [0.5, 0.6) is 0 Å². The smallest absolute Gasteiger partial charge is 0.299 e. The number of alkyl halides is 1. The van der Waals surface area contributed by atoms with E-state index < -0.39 is 17.5 Å². The molecule has 5 heteroatoms. The molecule has 0 fully saturated rings. The van der Waals surface area contributed by atoms with E-state index in [-0.39, 0.29) is 5.56 Å². The van der Waals surface area contributed by atoms with Gasteiger partial charge in [0.1, 0.15) is 5.82 Å². The summed E-state index contributed by atoms with van der Waals surface area (Å²) in [6.07, 6.45) is 2.85. The number of amides is 1. The Morgan fingerprint density at radius 1 is 1.21 bits per heavy atom. The van der Waals surface area contributed by atoms with E-state index in [9.17, 15) is 14.0 Å². The fourth-order valence-electron chi connectivity index (χ4n) is 2.36. The maximum atomic E-state index is 13.3. The molecule has 1 aromatic rings. The number of nitrogens with zero attached hydrogens (tertiary/aromatic N) is 1. The standard InChI is InChI=1S/C14H15BrFNO2/c1-9-7-10(16)8-11-12(9)17(14(19)13(11)18)6-4-2-3-5-15/h7-8H,2-6H2,1H3. The predicted octanol–water partition coefficient (Wildman–Crippen LogP) is 3.23. The molecule has 1 heterocycles. The van der Waals surface area contributed by atoms with E-state index in [4.69, 9.17) is 0 Å². The Morgan fingerprint density at radius 3 is 2.63 bits per heavy atom. The van der Waals surface area contributed by atoms with Gasteiger partial charge in [0.2, 0.25) is 0 Å². The molecule has 1 aliphatic rings. The maximum Gasteiger partial charge on any atom is 0.299 e. The Labute approximate surface area is 119 Å². The largest absolute Gasteiger partial charge is 0.304 e. The molecule has 0 spiro atoms. The van der Waals surface area contributed by atoms with Crippen LogP contribution in [0.4, 0.5) is 10.1 Å². The normalized spacial score (nSPS) is 14.2. The van der Waals surface area contributed by atoms with Crippen molar-refractivity contribution in [1.29, 1.82) is 0 Å². The molecule has 0 saturated heterocycles. The number of ketones is 1. The van der Waals surface area contributed by atoms with Gasteiger partial charge >= 0.3 is 0 Å². The first-order chi connectivity index (χ1) is 9.06. The van der Waals surface area contributed by atoms with E-state index in [0.29, 0.717) is 17.8 Å². The van der Waals surface area contributed by atoms with Gasteiger partial charge in [0.25, 0.3) is 11.7 Å². The van der Waals surface area contributed by atoms with Gasteiger partial charge in [-0.2, -0.15) is 0 Å². The second kappa shape index (κ2) is 5.82. The monoisotopic (exact) mass is 327 g/mol. The summed E-state index contributed by atoms with van der Waals surface area (Å²) in [5.74, 6) is -1.61. The Hall–Kier alpha value is -1.23. The first kappa shape index (κ1) is 14.2. The molecular weight excluding hydrogens is 313 g/mol. The van der Waals surface area contributed by atoms with Gasteiger partial charge in [-0.05, 0) is 37.5 Å². The third-order valence-corrected chi connectivity index (χ3v) is 3.80. The molecule has 3 nitrogen and oxygen atoms in total. The lowest BCUT2D eigenvalue weighted by molar-refractivity contribution is -0.114. The van der Waals surface area contributed by atoms with Crippen LogP contribution in [0.25, 0.3) is 0 Å². The molecule has 1 aromatic carbocycles. The molecule has 0 radical (unpaired) electrons. The summed E-state index contributed by atoms with van der Waals surface area (Å²) in [5.41, 5.74) is 1.41. The molecule has 0 aliphatic carbocycles. The Kier molecular flexibility index (Phi) is 4.34. The number of benzene rings is 1. The number of carbonyl (C=O) groups is 2. The summed E-state index contributed by atoms with van der Waals surface area (Å²) in [6.45, 7) is 2.23. The summed E-state index contributed by atoms with van der Waals surface area (Å²) >= 11 is 3.35. The van der Waals surface area contributed by atoms with Crippen molar-refractivity contribution in [2.45, 2.75) is 26.2 Å². The fraction of sp³-hybridized carbons (Fsp3) is 0.429. The number of hydrogen-bond acceptors (Lipinski definition) is 2. The number of Topliss-reactive ketones (excluding diaryl/α,β-unsaturated/α-hetero) is 1. The molecule has 1 aliphatic heterocycles. The van der Waals surface area contributed by atoms with E-state index in [0.717, 1.165) is 30.7 Å². The zero-order valence-electron chi connectivity index (χ0n) is 10.7. The summed E-state index contributed by atoms with van der Waals surface area (Å²) in [6, 6.07) is 2.51. The molecule has 0 N–H and O–H groups in total. The molecular formula is C14H15BrFNO2. The lowest BCUT2D eigenvalue weighted by atomic mass is 10.1. The topological polar surface area (TPSA) is 37.4 Å². The number of fused-ring (bicyclic) bond motifs is 1. The molecule has 0 bridgehead atoms. The first-order valence-corrected chi connectivity index (χ1v) is 7.40. The van der Waals surface area contributed by atoms with Crippen LogP contribution in [0.1, 0.15) is 35.2 Å². The van der Waals surface area contributed by atoms with Gasteiger partial charge < -0.3 is 4.90 Å². The minimum absolute atomic E-state index is 0.197. The fourth-order valence-corrected chi connectivity index (χ4v) is 2.76. The average molecular weight is 328 g/mol. The summed E-state index contributed by atoms with van der Waals surface area (Å²) < 4.78 is 13.3. The number of unbranched alkanes of at least 4 members (excludes halogenated alkanes) is 2. The number of hydrogen-bond donors (Lipinski definition) is 0. The molecule has 0 atom stereocenters. The first-order valence-electron chi connectivity index (χ1n) is 6.28. The van der Waals surface area contributed by atoms with E-state index >= 15 is 0 Å². The maximum absolute atomic E-state index is 13.3. The molecule has 0 aromatic heterocycles. The third kappa shape index (κ3) is 2.71. The van der Waals surface area contributed by atoms with Crippen molar-refractivity contribution < 1.29 is 14.0 Å². The Bertz CT molecular complexity index is 530. The minimum Gasteiger partial charge on any atom is -0.304 e. The number of anilines is 1. The van der Waals surface area contributed by atoms with Gasteiger partial charge in [0, 0.05) is 11.9 Å². The van der Waals surface area contributed by atoms with Gasteiger partial charge in [-0.15, -0.1) is 0 Å². The van der Waals surface area contributed by atoms with Crippen LogP contribution in [-0.4, -0.2) is 23.6 Å². The van der Waals surface area contributed by atoms with E-state index in [1.165, 1.54) is 11.0 Å². The highest BCUT2D eigenvalue weighted by Crippen LogP contribution is 2.33. The molecule has 0 unspecified atom stereocenters.